The first kappa shape index (κ1) is 16.8. The van der Waals surface area contributed by atoms with Crippen LogP contribution in [0.5, 0.6) is 0 Å². The molecule has 1 aromatic rings. The number of nitriles is 1. The molecule has 0 spiro atoms. The van der Waals surface area contributed by atoms with Crippen molar-refractivity contribution in [3.05, 3.63) is 27.9 Å². The number of hydrogen-bond donors (Lipinski definition) is 1. The first-order valence-corrected chi connectivity index (χ1v) is 6.54. The Bertz CT molecular complexity index is 501. The van der Waals surface area contributed by atoms with Crippen LogP contribution in [0.4, 0.5) is 11.5 Å². The molecular formula is C13H18N4O4. The molecule has 0 atom stereocenters. The molecule has 0 saturated heterocycles. The Morgan fingerprint density at radius 2 is 2.24 bits per heavy atom. The molecule has 0 fully saturated rings. The lowest BCUT2D eigenvalue weighted by molar-refractivity contribution is -0.385. The summed E-state index contributed by atoms with van der Waals surface area (Å²) in [5, 5.41) is 22.6. The fourth-order valence-corrected chi connectivity index (χ4v) is 1.56. The number of hydrogen-bond acceptors (Lipinski definition) is 7. The first-order valence-electron chi connectivity index (χ1n) is 6.54. The fraction of sp³-hybridized carbons (Fsp3) is 0.538. The fourth-order valence-electron chi connectivity index (χ4n) is 1.56. The van der Waals surface area contributed by atoms with E-state index in [1.165, 1.54) is 6.07 Å². The van der Waals surface area contributed by atoms with Crippen LogP contribution in [0, 0.1) is 21.4 Å². The van der Waals surface area contributed by atoms with Gasteiger partial charge in [-0.25, -0.2) is 4.98 Å². The van der Waals surface area contributed by atoms with E-state index in [1.807, 2.05) is 6.07 Å². The van der Waals surface area contributed by atoms with Gasteiger partial charge < -0.3 is 14.8 Å². The van der Waals surface area contributed by atoms with E-state index < -0.39 is 4.92 Å². The molecule has 114 valence electrons. The number of ether oxygens (including phenoxy) is 2. The SMILES string of the molecule is COCCOCCCCNc1ncc([N+](=O)[O-])cc1C#N. The van der Waals surface area contributed by atoms with Crippen molar-refractivity contribution < 1.29 is 14.4 Å². The molecule has 0 unspecified atom stereocenters. The summed E-state index contributed by atoms with van der Waals surface area (Å²) in [5.74, 6) is 0.364. The van der Waals surface area contributed by atoms with Gasteiger partial charge in [0.25, 0.3) is 5.69 Å². The molecule has 1 heterocycles. The van der Waals surface area contributed by atoms with Crippen LogP contribution in [-0.4, -0.2) is 43.4 Å². The van der Waals surface area contributed by atoms with E-state index in [-0.39, 0.29) is 11.3 Å². The summed E-state index contributed by atoms with van der Waals surface area (Å²) in [5.41, 5.74) is -0.0239. The highest BCUT2D eigenvalue weighted by Gasteiger charge is 2.11. The zero-order chi connectivity index (χ0) is 15.5. The molecule has 0 bridgehead atoms. The average Bonchev–Trinajstić information content (AvgIpc) is 2.49. The third-order valence-electron chi connectivity index (χ3n) is 2.64. The summed E-state index contributed by atoms with van der Waals surface area (Å²) < 4.78 is 10.2. The lowest BCUT2D eigenvalue weighted by Crippen LogP contribution is -2.08. The topological polar surface area (TPSA) is 110 Å². The van der Waals surface area contributed by atoms with Gasteiger partial charge in [0.05, 0.1) is 18.1 Å². The number of aromatic nitrogens is 1. The van der Waals surface area contributed by atoms with Crippen LogP contribution < -0.4 is 5.32 Å². The van der Waals surface area contributed by atoms with Crippen molar-refractivity contribution in [2.24, 2.45) is 0 Å². The van der Waals surface area contributed by atoms with Gasteiger partial charge in [0.1, 0.15) is 23.6 Å². The van der Waals surface area contributed by atoms with E-state index in [0.717, 1.165) is 19.0 Å². The van der Waals surface area contributed by atoms with Crippen molar-refractivity contribution in [2.45, 2.75) is 12.8 Å². The molecule has 0 amide bonds. The predicted molar refractivity (Wildman–Crippen MR) is 76.0 cm³/mol. The van der Waals surface area contributed by atoms with Crippen LogP contribution in [0.25, 0.3) is 0 Å². The van der Waals surface area contributed by atoms with Crippen molar-refractivity contribution in [2.75, 3.05) is 38.8 Å². The molecular weight excluding hydrogens is 276 g/mol. The summed E-state index contributed by atoms with van der Waals surface area (Å²) in [7, 11) is 1.62. The maximum absolute atomic E-state index is 10.6. The van der Waals surface area contributed by atoms with Crippen LogP contribution in [0.15, 0.2) is 12.3 Å². The summed E-state index contributed by atoms with van der Waals surface area (Å²) in [6, 6.07) is 3.11. The van der Waals surface area contributed by atoms with Gasteiger partial charge in [-0.2, -0.15) is 5.26 Å². The lowest BCUT2D eigenvalue weighted by Gasteiger charge is -2.07. The number of nitrogens with zero attached hydrogens (tertiary/aromatic N) is 3. The summed E-state index contributed by atoms with van der Waals surface area (Å²) >= 11 is 0. The van der Waals surface area contributed by atoms with Gasteiger partial charge in [0, 0.05) is 26.3 Å². The van der Waals surface area contributed by atoms with Gasteiger partial charge in [-0.1, -0.05) is 0 Å². The lowest BCUT2D eigenvalue weighted by atomic mass is 10.2. The zero-order valence-corrected chi connectivity index (χ0v) is 11.9. The van der Waals surface area contributed by atoms with E-state index >= 15 is 0 Å². The van der Waals surface area contributed by atoms with Crippen molar-refractivity contribution >= 4 is 11.5 Å². The Morgan fingerprint density at radius 3 is 2.90 bits per heavy atom. The maximum Gasteiger partial charge on any atom is 0.289 e. The molecule has 0 saturated carbocycles. The van der Waals surface area contributed by atoms with E-state index in [1.54, 1.807) is 7.11 Å². The summed E-state index contributed by atoms with van der Waals surface area (Å²) in [4.78, 5) is 13.9. The molecule has 1 rings (SSSR count). The van der Waals surface area contributed by atoms with Crippen LogP contribution in [0.1, 0.15) is 18.4 Å². The Balaban J connectivity index is 2.32. The zero-order valence-electron chi connectivity index (χ0n) is 11.9. The van der Waals surface area contributed by atoms with Crippen LogP contribution in [0.3, 0.4) is 0 Å². The van der Waals surface area contributed by atoms with Crippen molar-refractivity contribution in [3.8, 4) is 6.07 Å². The number of nitro groups is 1. The third kappa shape index (κ3) is 6.16. The van der Waals surface area contributed by atoms with Gasteiger partial charge in [0.15, 0.2) is 0 Å². The second kappa shape index (κ2) is 9.63. The predicted octanol–water partition coefficient (Wildman–Crippen LogP) is 1.72. The van der Waals surface area contributed by atoms with E-state index in [4.69, 9.17) is 14.7 Å². The minimum atomic E-state index is -0.574. The van der Waals surface area contributed by atoms with Crippen LogP contribution >= 0.6 is 0 Å². The Hall–Kier alpha value is -2.24. The molecule has 8 heteroatoms. The average molecular weight is 294 g/mol. The standard InChI is InChI=1S/C13H18N4O4/c1-20-6-7-21-5-3-2-4-15-13-11(9-14)8-12(10-16-13)17(18)19/h8,10H,2-7H2,1H3,(H,15,16). The van der Waals surface area contributed by atoms with Gasteiger partial charge in [-0.15, -0.1) is 0 Å². The Labute approximate surface area is 122 Å². The number of unbranched alkanes of at least 4 members (excludes halogenated alkanes) is 1. The maximum atomic E-state index is 10.6. The van der Waals surface area contributed by atoms with E-state index in [0.29, 0.717) is 32.2 Å². The van der Waals surface area contributed by atoms with Crippen LogP contribution in [0.2, 0.25) is 0 Å². The molecule has 1 aromatic heterocycles. The third-order valence-corrected chi connectivity index (χ3v) is 2.64. The first-order chi connectivity index (χ1) is 10.2. The number of pyridine rings is 1. The second-order valence-corrected chi connectivity index (χ2v) is 4.20. The van der Waals surface area contributed by atoms with Gasteiger partial charge in [-0.05, 0) is 12.8 Å². The summed E-state index contributed by atoms with van der Waals surface area (Å²) in [6.07, 6.45) is 2.85. The van der Waals surface area contributed by atoms with Crippen molar-refractivity contribution in [3.63, 3.8) is 0 Å². The van der Waals surface area contributed by atoms with Crippen molar-refractivity contribution in [1.82, 2.24) is 4.98 Å². The smallest absolute Gasteiger partial charge is 0.289 e. The number of anilines is 1. The van der Waals surface area contributed by atoms with Crippen LogP contribution in [-0.2, 0) is 9.47 Å². The number of nitrogens with one attached hydrogen (secondary N) is 1. The molecule has 8 nitrogen and oxygen atoms in total. The quantitative estimate of drug-likeness (QED) is 0.397. The van der Waals surface area contributed by atoms with Gasteiger partial charge >= 0.3 is 0 Å². The van der Waals surface area contributed by atoms with Crippen molar-refractivity contribution in [1.29, 1.82) is 5.26 Å². The molecule has 0 aromatic carbocycles. The molecule has 0 aliphatic carbocycles. The van der Waals surface area contributed by atoms with E-state index in [2.05, 4.69) is 10.3 Å². The highest BCUT2D eigenvalue weighted by Crippen LogP contribution is 2.18. The molecule has 0 aliphatic heterocycles. The highest BCUT2D eigenvalue weighted by atomic mass is 16.6. The molecule has 21 heavy (non-hydrogen) atoms. The van der Waals surface area contributed by atoms with Gasteiger partial charge in [-0.3, -0.25) is 10.1 Å². The number of methoxy groups -OCH3 is 1. The number of rotatable bonds is 10. The second-order valence-electron chi connectivity index (χ2n) is 4.20. The molecule has 1 N–H and O–H groups in total. The largest absolute Gasteiger partial charge is 0.382 e. The van der Waals surface area contributed by atoms with E-state index in [9.17, 15) is 10.1 Å². The Kier molecular flexibility index (Phi) is 7.71. The minimum absolute atomic E-state index is 0.167. The van der Waals surface area contributed by atoms with Gasteiger partial charge in [0.2, 0.25) is 0 Å². The summed E-state index contributed by atoms with van der Waals surface area (Å²) in [6.45, 7) is 2.42. The minimum Gasteiger partial charge on any atom is -0.382 e. The Morgan fingerprint density at radius 1 is 1.43 bits per heavy atom. The monoisotopic (exact) mass is 294 g/mol. The molecule has 0 radical (unpaired) electrons. The normalized spacial score (nSPS) is 10.1. The molecule has 0 aliphatic rings. The highest BCUT2D eigenvalue weighted by molar-refractivity contribution is 5.55.